The van der Waals surface area contributed by atoms with Gasteiger partial charge in [-0.1, -0.05) is 55.8 Å². The molecule has 4 nitrogen and oxygen atoms in total. The third kappa shape index (κ3) is 4.86. The molecule has 1 spiro atoms. The van der Waals surface area contributed by atoms with Crippen LogP contribution in [0.1, 0.15) is 61.8 Å². The summed E-state index contributed by atoms with van der Waals surface area (Å²) in [7, 11) is 2.16. The van der Waals surface area contributed by atoms with Crippen molar-refractivity contribution in [2.45, 2.75) is 63.5 Å². The molecule has 2 aliphatic rings. The third-order valence-electron chi connectivity index (χ3n) is 6.64. The number of aryl methyl sites for hydroxylation is 1. The van der Waals surface area contributed by atoms with Gasteiger partial charge in [-0.2, -0.15) is 0 Å². The molecule has 0 saturated carbocycles. The Labute approximate surface area is 180 Å². The van der Waals surface area contributed by atoms with Gasteiger partial charge >= 0.3 is 0 Å². The molecule has 1 N–H and O–H groups in total. The summed E-state index contributed by atoms with van der Waals surface area (Å²) < 4.78 is 6.51. The van der Waals surface area contributed by atoms with Crippen molar-refractivity contribution < 1.29 is 9.53 Å². The second-order valence-electron chi connectivity index (χ2n) is 9.05. The van der Waals surface area contributed by atoms with Gasteiger partial charge in [0, 0.05) is 25.1 Å². The summed E-state index contributed by atoms with van der Waals surface area (Å²) in [5, 5.41) is 3.32. The van der Waals surface area contributed by atoms with Crippen molar-refractivity contribution in [3.63, 3.8) is 0 Å². The second kappa shape index (κ2) is 9.22. The number of likely N-dealkylation sites (tertiary alicyclic amines) is 1. The Bertz CT molecular complexity index is 854. The van der Waals surface area contributed by atoms with Gasteiger partial charge in [0.1, 0.15) is 11.4 Å². The normalized spacial score (nSPS) is 20.4. The van der Waals surface area contributed by atoms with E-state index in [-0.39, 0.29) is 17.6 Å². The first-order chi connectivity index (χ1) is 14.6. The van der Waals surface area contributed by atoms with E-state index >= 15 is 0 Å². The molecular weight excluding hydrogens is 372 g/mol. The van der Waals surface area contributed by atoms with Gasteiger partial charge in [0.25, 0.3) is 0 Å². The number of fused-ring (bicyclic) bond motifs is 1. The van der Waals surface area contributed by atoms with Gasteiger partial charge < -0.3 is 15.0 Å². The molecule has 0 aliphatic carbocycles. The number of carbonyl (C=O) groups excluding carboxylic acids is 1. The molecule has 0 radical (unpaired) electrons. The first-order valence-electron chi connectivity index (χ1n) is 11.4. The standard InChI is InChI=1S/C26H34N2O2/c1-3-4-7-20-10-12-21(13-11-20)18-25(29)27-23-19-26(14-16-28(2)17-15-26)30-24-9-6-5-8-22(23)24/h5-6,8-13,23H,3-4,7,14-19H2,1-2H3,(H,27,29)/t23-/m0/s1. The minimum atomic E-state index is -0.167. The SMILES string of the molecule is CCCCc1ccc(CC(=O)N[C@H]2CC3(CCN(C)CC3)Oc3ccccc32)cc1. The second-order valence-corrected chi connectivity index (χ2v) is 9.05. The minimum absolute atomic E-state index is 0.00897. The average Bonchev–Trinajstić information content (AvgIpc) is 2.75. The maximum Gasteiger partial charge on any atom is 0.224 e. The van der Waals surface area contributed by atoms with Gasteiger partial charge in [0.15, 0.2) is 0 Å². The van der Waals surface area contributed by atoms with E-state index in [4.69, 9.17) is 4.74 Å². The van der Waals surface area contributed by atoms with Crippen LogP contribution in [0.15, 0.2) is 48.5 Å². The fraction of sp³-hybridized carbons (Fsp3) is 0.500. The van der Waals surface area contributed by atoms with Crippen LogP contribution in [0, 0.1) is 0 Å². The fourth-order valence-electron chi connectivity index (χ4n) is 4.71. The summed E-state index contributed by atoms with van der Waals surface area (Å²) in [5.41, 5.74) is 3.36. The summed E-state index contributed by atoms with van der Waals surface area (Å²) >= 11 is 0. The lowest BCUT2D eigenvalue weighted by atomic mass is 9.80. The number of para-hydroxylation sites is 1. The van der Waals surface area contributed by atoms with Crippen molar-refractivity contribution in [3.8, 4) is 5.75 Å². The van der Waals surface area contributed by atoms with E-state index in [9.17, 15) is 4.79 Å². The third-order valence-corrected chi connectivity index (χ3v) is 6.64. The lowest BCUT2D eigenvalue weighted by molar-refractivity contribution is -0.122. The summed E-state index contributed by atoms with van der Waals surface area (Å²) in [6.45, 7) is 4.28. The van der Waals surface area contributed by atoms with E-state index in [1.807, 2.05) is 18.2 Å². The molecule has 0 aromatic heterocycles. The lowest BCUT2D eigenvalue weighted by Crippen LogP contribution is -2.51. The van der Waals surface area contributed by atoms with E-state index in [2.05, 4.69) is 54.5 Å². The molecule has 2 aliphatic heterocycles. The monoisotopic (exact) mass is 406 g/mol. The number of rotatable bonds is 6. The Morgan fingerprint density at radius 2 is 1.80 bits per heavy atom. The Hall–Kier alpha value is -2.33. The number of hydrogen-bond acceptors (Lipinski definition) is 3. The van der Waals surface area contributed by atoms with E-state index in [1.165, 1.54) is 18.4 Å². The van der Waals surface area contributed by atoms with Crippen molar-refractivity contribution >= 4 is 5.91 Å². The fourth-order valence-corrected chi connectivity index (χ4v) is 4.71. The molecule has 1 fully saturated rings. The van der Waals surface area contributed by atoms with Crippen molar-refractivity contribution in [3.05, 3.63) is 65.2 Å². The van der Waals surface area contributed by atoms with Crippen molar-refractivity contribution in [1.29, 1.82) is 0 Å². The summed E-state index contributed by atoms with van der Waals surface area (Å²) in [5.74, 6) is 1.01. The van der Waals surface area contributed by atoms with Crippen molar-refractivity contribution in [1.82, 2.24) is 10.2 Å². The van der Waals surface area contributed by atoms with Crippen LogP contribution in [0.2, 0.25) is 0 Å². The summed E-state index contributed by atoms with van der Waals surface area (Å²) in [6.07, 6.45) is 6.80. The largest absolute Gasteiger partial charge is 0.487 e. The van der Waals surface area contributed by atoms with Gasteiger partial charge in [-0.25, -0.2) is 0 Å². The number of amides is 1. The highest BCUT2D eigenvalue weighted by Crippen LogP contribution is 2.44. The maximum absolute atomic E-state index is 12.9. The van der Waals surface area contributed by atoms with Crippen LogP contribution in [0.4, 0.5) is 0 Å². The molecule has 2 aromatic carbocycles. The van der Waals surface area contributed by atoms with Gasteiger partial charge in [-0.15, -0.1) is 0 Å². The molecular formula is C26H34N2O2. The predicted octanol–water partition coefficient (Wildman–Crippen LogP) is 4.68. The van der Waals surface area contributed by atoms with Crippen LogP contribution in [-0.4, -0.2) is 36.5 Å². The van der Waals surface area contributed by atoms with Crippen LogP contribution < -0.4 is 10.1 Å². The van der Waals surface area contributed by atoms with Crippen molar-refractivity contribution in [2.24, 2.45) is 0 Å². The molecule has 0 bridgehead atoms. The highest BCUT2D eigenvalue weighted by Gasteiger charge is 2.43. The molecule has 30 heavy (non-hydrogen) atoms. The van der Waals surface area contributed by atoms with Crippen LogP contribution in [0.25, 0.3) is 0 Å². The highest BCUT2D eigenvalue weighted by atomic mass is 16.5. The predicted molar refractivity (Wildman–Crippen MR) is 121 cm³/mol. The Morgan fingerprint density at radius 3 is 2.53 bits per heavy atom. The molecule has 0 unspecified atom stereocenters. The molecule has 4 rings (SSSR count). The molecule has 1 atom stereocenters. The lowest BCUT2D eigenvalue weighted by Gasteiger charge is -2.46. The van der Waals surface area contributed by atoms with Gasteiger partial charge in [-0.3, -0.25) is 4.79 Å². The maximum atomic E-state index is 12.9. The zero-order valence-electron chi connectivity index (χ0n) is 18.3. The number of nitrogens with zero attached hydrogens (tertiary/aromatic N) is 1. The molecule has 160 valence electrons. The Kier molecular flexibility index (Phi) is 6.43. The number of nitrogens with one attached hydrogen (secondary N) is 1. The van der Waals surface area contributed by atoms with Crippen LogP contribution in [0.5, 0.6) is 5.75 Å². The van der Waals surface area contributed by atoms with Crippen LogP contribution in [0.3, 0.4) is 0 Å². The first-order valence-corrected chi connectivity index (χ1v) is 11.4. The van der Waals surface area contributed by atoms with E-state index < -0.39 is 0 Å². The number of carbonyl (C=O) groups is 1. The van der Waals surface area contributed by atoms with Gasteiger partial charge in [0.05, 0.1) is 12.5 Å². The van der Waals surface area contributed by atoms with Gasteiger partial charge in [0.2, 0.25) is 5.91 Å². The van der Waals surface area contributed by atoms with E-state index in [1.54, 1.807) is 0 Å². The zero-order chi connectivity index (χ0) is 21.0. The zero-order valence-corrected chi connectivity index (χ0v) is 18.3. The van der Waals surface area contributed by atoms with E-state index in [0.29, 0.717) is 6.42 Å². The number of ether oxygens (including phenoxy) is 1. The Morgan fingerprint density at radius 1 is 1.10 bits per heavy atom. The smallest absolute Gasteiger partial charge is 0.224 e. The number of hydrogen-bond donors (Lipinski definition) is 1. The molecule has 2 heterocycles. The topological polar surface area (TPSA) is 41.6 Å². The molecule has 2 aromatic rings. The van der Waals surface area contributed by atoms with E-state index in [0.717, 1.165) is 55.6 Å². The van der Waals surface area contributed by atoms with Crippen molar-refractivity contribution in [2.75, 3.05) is 20.1 Å². The molecule has 1 amide bonds. The van der Waals surface area contributed by atoms with Gasteiger partial charge in [-0.05, 0) is 49.9 Å². The summed E-state index contributed by atoms with van der Waals surface area (Å²) in [4.78, 5) is 15.3. The first kappa shape index (κ1) is 20.9. The average molecular weight is 407 g/mol. The number of benzene rings is 2. The highest BCUT2D eigenvalue weighted by molar-refractivity contribution is 5.79. The quantitative estimate of drug-likeness (QED) is 0.758. The summed E-state index contributed by atoms with van der Waals surface area (Å²) in [6, 6.07) is 16.7. The molecule has 1 saturated heterocycles. The number of piperidine rings is 1. The minimum Gasteiger partial charge on any atom is -0.487 e. The van der Waals surface area contributed by atoms with Crippen LogP contribution in [-0.2, 0) is 17.6 Å². The van der Waals surface area contributed by atoms with Crippen LogP contribution >= 0.6 is 0 Å². The Balaban J connectivity index is 1.44. The number of unbranched alkanes of at least 4 members (excludes halogenated alkanes) is 1. The molecule has 4 heteroatoms.